The highest BCUT2D eigenvalue weighted by molar-refractivity contribution is 6.30. The highest BCUT2D eigenvalue weighted by atomic mass is 35.5. The Morgan fingerprint density at radius 3 is 2.43 bits per heavy atom. The summed E-state index contributed by atoms with van der Waals surface area (Å²) >= 11 is 5.80. The fourth-order valence-corrected chi connectivity index (χ4v) is 1.86. The molecule has 0 atom stereocenters. The molecule has 0 bridgehead atoms. The molecule has 0 heterocycles. The molecule has 2 aromatic carbocycles. The van der Waals surface area contributed by atoms with Gasteiger partial charge in [0, 0.05) is 28.5 Å². The SMILES string of the molecule is CCOc1ccc(C(=O)C=CNc2ccc(Cl)cc2)cc1. The molecule has 0 unspecified atom stereocenters. The van der Waals surface area contributed by atoms with Crippen molar-refractivity contribution in [2.24, 2.45) is 0 Å². The van der Waals surface area contributed by atoms with Gasteiger partial charge in [0.25, 0.3) is 0 Å². The minimum Gasteiger partial charge on any atom is -0.494 e. The molecule has 0 saturated carbocycles. The van der Waals surface area contributed by atoms with Crippen LogP contribution in [0.1, 0.15) is 17.3 Å². The summed E-state index contributed by atoms with van der Waals surface area (Å²) in [7, 11) is 0. The molecular weight excluding hydrogens is 286 g/mol. The summed E-state index contributed by atoms with van der Waals surface area (Å²) in [6.45, 7) is 2.53. The summed E-state index contributed by atoms with van der Waals surface area (Å²) < 4.78 is 5.34. The minimum absolute atomic E-state index is 0.0699. The lowest BCUT2D eigenvalue weighted by Crippen LogP contribution is -1.97. The summed E-state index contributed by atoms with van der Waals surface area (Å²) in [6, 6.07) is 14.3. The van der Waals surface area contributed by atoms with Crippen LogP contribution in [0.2, 0.25) is 5.02 Å². The maximum absolute atomic E-state index is 12.0. The van der Waals surface area contributed by atoms with Crippen molar-refractivity contribution in [2.75, 3.05) is 11.9 Å². The third-order valence-electron chi connectivity index (χ3n) is 2.78. The summed E-state index contributed by atoms with van der Waals surface area (Å²) in [6.07, 6.45) is 3.10. The Morgan fingerprint density at radius 2 is 1.81 bits per heavy atom. The second kappa shape index (κ2) is 7.50. The van der Waals surface area contributed by atoms with E-state index in [4.69, 9.17) is 16.3 Å². The molecule has 4 heteroatoms. The van der Waals surface area contributed by atoms with Crippen LogP contribution < -0.4 is 10.1 Å². The first kappa shape index (κ1) is 15.1. The fourth-order valence-electron chi connectivity index (χ4n) is 1.74. The predicted octanol–water partition coefficient (Wildman–Crippen LogP) is 4.55. The third kappa shape index (κ3) is 4.65. The summed E-state index contributed by atoms with van der Waals surface area (Å²) in [4.78, 5) is 12.0. The van der Waals surface area contributed by atoms with Crippen LogP contribution >= 0.6 is 11.6 Å². The number of benzene rings is 2. The molecule has 0 spiro atoms. The monoisotopic (exact) mass is 301 g/mol. The number of carbonyl (C=O) groups is 1. The number of halogens is 1. The molecule has 21 heavy (non-hydrogen) atoms. The van der Waals surface area contributed by atoms with Gasteiger partial charge in [0.05, 0.1) is 6.61 Å². The van der Waals surface area contributed by atoms with Crippen LogP contribution in [0.4, 0.5) is 5.69 Å². The van der Waals surface area contributed by atoms with Gasteiger partial charge in [-0.05, 0) is 55.5 Å². The number of allylic oxidation sites excluding steroid dienone is 1. The van der Waals surface area contributed by atoms with E-state index in [2.05, 4.69) is 5.32 Å². The molecule has 0 aromatic heterocycles. The van der Waals surface area contributed by atoms with Gasteiger partial charge in [-0.25, -0.2) is 0 Å². The Labute approximate surface area is 129 Å². The molecule has 108 valence electrons. The Bertz CT molecular complexity index is 618. The van der Waals surface area contributed by atoms with Gasteiger partial charge >= 0.3 is 0 Å². The van der Waals surface area contributed by atoms with E-state index < -0.39 is 0 Å². The number of anilines is 1. The predicted molar refractivity (Wildman–Crippen MR) is 86.2 cm³/mol. The quantitative estimate of drug-likeness (QED) is 0.628. The van der Waals surface area contributed by atoms with Gasteiger partial charge in [-0.2, -0.15) is 0 Å². The summed E-state index contributed by atoms with van der Waals surface area (Å²) in [5.74, 6) is 0.692. The van der Waals surface area contributed by atoms with Crippen LogP contribution in [0.3, 0.4) is 0 Å². The number of hydrogen-bond donors (Lipinski definition) is 1. The first-order valence-corrected chi connectivity index (χ1v) is 7.02. The van der Waals surface area contributed by atoms with Crippen molar-refractivity contribution < 1.29 is 9.53 Å². The van der Waals surface area contributed by atoms with Gasteiger partial charge in [0.1, 0.15) is 5.75 Å². The zero-order valence-electron chi connectivity index (χ0n) is 11.7. The van der Waals surface area contributed by atoms with E-state index in [1.165, 1.54) is 6.08 Å². The lowest BCUT2D eigenvalue weighted by molar-refractivity contribution is 0.104. The second-order valence-corrected chi connectivity index (χ2v) is 4.74. The van der Waals surface area contributed by atoms with E-state index in [0.29, 0.717) is 17.2 Å². The number of carbonyl (C=O) groups excluding carboxylic acids is 1. The normalized spacial score (nSPS) is 10.6. The Morgan fingerprint density at radius 1 is 1.14 bits per heavy atom. The van der Waals surface area contributed by atoms with Crippen LogP contribution in [0.25, 0.3) is 0 Å². The maximum atomic E-state index is 12.0. The van der Waals surface area contributed by atoms with Gasteiger partial charge in [0.15, 0.2) is 5.78 Å². The second-order valence-electron chi connectivity index (χ2n) is 4.31. The van der Waals surface area contributed by atoms with Crippen LogP contribution in [0.5, 0.6) is 5.75 Å². The number of rotatable bonds is 6. The molecule has 1 N–H and O–H groups in total. The number of hydrogen-bond acceptors (Lipinski definition) is 3. The van der Waals surface area contributed by atoms with Crippen molar-refractivity contribution >= 4 is 23.1 Å². The van der Waals surface area contributed by atoms with E-state index in [9.17, 15) is 4.79 Å². The topological polar surface area (TPSA) is 38.3 Å². The zero-order chi connectivity index (χ0) is 15.1. The minimum atomic E-state index is -0.0699. The van der Waals surface area contributed by atoms with E-state index in [0.717, 1.165) is 11.4 Å². The van der Waals surface area contributed by atoms with Gasteiger partial charge in [-0.1, -0.05) is 11.6 Å². The Kier molecular flexibility index (Phi) is 5.41. The van der Waals surface area contributed by atoms with E-state index >= 15 is 0 Å². The van der Waals surface area contributed by atoms with Crippen molar-refractivity contribution in [3.8, 4) is 5.75 Å². The number of nitrogens with one attached hydrogen (secondary N) is 1. The number of ether oxygens (including phenoxy) is 1. The highest BCUT2D eigenvalue weighted by Crippen LogP contribution is 2.14. The molecule has 0 aliphatic carbocycles. The Balaban J connectivity index is 1.94. The lowest BCUT2D eigenvalue weighted by atomic mass is 10.1. The average molecular weight is 302 g/mol. The van der Waals surface area contributed by atoms with Crippen molar-refractivity contribution in [2.45, 2.75) is 6.92 Å². The molecular formula is C17H16ClNO2. The van der Waals surface area contributed by atoms with Crippen LogP contribution in [-0.2, 0) is 0 Å². The van der Waals surface area contributed by atoms with Crippen LogP contribution in [0.15, 0.2) is 60.8 Å². The standard InChI is InChI=1S/C17H16ClNO2/c1-2-21-16-9-3-13(4-10-16)17(20)11-12-19-15-7-5-14(18)6-8-15/h3-12,19H,2H2,1H3. The van der Waals surface area contributed by atoms with Gasteiger partial charge < -0.3 is 10.1 Å². The summed E-state index contributed by atoms with van der Waals surface area (Å²) in [5.41, 5.74) is 1.49. The van der Waals surface area contributed by atoms with Gasteiger partial charge in [0.2, 0.25) is 0 Å². The lowest BCUT2D eigenvalue weighted by Gasteiger charge is -2.03. The first-order valence-electron chi connectivity index (χ1n) is 6.65. The molecule has 0 aliphatic rings. The summed E-state index contributed by atoms with van der Waals surface area (Å²) in [5, 5.41) is 3.70. The average Bonchev–Trinajstić information content (AvgIpc) is 2.50. The van der Waals surface area contributed by atoms with Gasteiger partial charge in [-0.15, -0.1) is 0 Å². The van der Waals surface area contributed by atoms with E-state index in [1.54, 1.807) is 42.6 Å². The Hall–Kier alpha value is -2.26. The van der Waals surface area contributed by atoms with Crippen molar-refractivity contribution in [3.05, 3.63) is 71.4 Å². The van der Waals surface area contributed by atoms with Crippen molar-refractivity contribution in [1.82, 2.24) is 0 Å². The molecule has 0 amide bonds. The molecule has 2 aromatic rings. The molecule has 3 nitrogen and oxygen atoms in total. The molecule has 2 rings (SSSR count). The molecule has 0 fully saturated rings. The van der Waals surface area contributed by atoms with Gasteiger partial charge in [-0.3, -0.25) is 4.79 Å². The zero-order valence-corrected chi connectivity index (χ0v) is 12.4. The largest absolute Gasteiger partial charge is 0.494 e. The smallest absolute Gasteiger partial charge is 0.187 e. The fraction of sp³-hybridized carbons (Fsp3) is 0.118. The highest BCUT2D eigenvalue weighted by Gasteiger charge is 2.01. The van der Waals surface area contributed by atoms with Crippen LogP contribution in [0, 0.1) is 0 Å². The maximum Gasteiger partial charge on any atom is 0.187 e. The van der Waals surface area contributed by atoms with Crippen molar-refractivity contribution in [3.63, 3.8) is 0 Å². The van der Waals surface area contributed by atoms with Crippen molar-refractivity contribution in [1.29, 1.82) is 0 Å². The molecule has 0 saturated heterocycles. The van der Waals surface area contributed by atoms with E-state index in [-0.39, 0.29) is 5.78 Å². The molecule has 0 radical (unpaired) electrons. The van der Waals surface area contributed by atoms with E-state index in [1.807, 2.05) is 19.1 Å². The molecule has 0 aliphatic heterocycles. The van der Waals surface area contributed by atoms with Crippen LogP contribution in [-0.4, -0.2) is 12.4 Å². The third-order valence-corrected chi connectivity index (χ3v) is 3.03. The first-order chi connectivity index (χ1) is 10.2. The number of ketones is 1.